The molecule has 0 aliphatic carbocycles. The topological polar surface area (TPSA) is 105 Å². The second-order valence-electron chi connectivity index (χ2n) is 6.34. The number of carbonyl (C=O) groups is 2. The first kappa shape index (κ1) is 17.6. The summed E-state index contributed by atoms with van der Waals surface area (Å²) in [6.07, 6.45) is 3.08. The molecule has 1 aromatic carbocycles. The fourth-order valence-electron chi connectivity index (χ4n) is 3.42. The predicted octanol–water partition coefficient (Wildman–Crippen LogP) is 1.33. The highest BCUT2D eigenvalue weighted by Crippen LogP contribution is 2.26. The first-order chi connectivity index (χ1) is 12.0. The molecule has 8 nitrogen and oxygen atoms in total. The minimum Gasteiger partial charge on any atom is -0.343 e. The third kappa shape index (κ3) is 3.91. The van der Waals surface area contributed by atoms with Crippen LogP contribution in [0.15, 0.2) is 18.2 Å². The van der Waals surface area contributed by atoms with Gasteiger partial charge in [-0.2, -0.15) is 0 Å². The van der Waals surface area contributed by atoms with Crippen molar-refractivity contribution in [2.45, 2.75) is 31.3 Å². The fourth-order valence-corrected chi connectivity index (χ4v) is 3.67. The van der Waals surface area contributed by atoms with Crippen LogP contribution in [-0.2, 0) is 4.79 Å². The molecule has 2 aliphatic rings. The molecule has 2 atom stereocenters. The summed E-state index contributed by atoms with van der Waals surface area (Å²) in [6, 6.07) is 4.78. The molecular formula is C16H19ClN4O4. The second kappa shape index (κ2) is 7.37. The number of likely N-dealkylation sites (tertiary alicyclic amines) is 1. The zero-order chi connectivity index (χ0) is 18.0. The van der Waals surface area contributed by atoms with Gasteiger partial charge in [0.15, 0.2) is 0 Å². The summed E-state index contributed by atoms with van der Waals surface area (Å²) in [4.78, 5) is 36.8. The van der Waals surface area contributed by atoms with Gasteiger partial charge in [-0.1, -0.05) is 17.7 Å². The summed E-state index contributed by atoms with van der Waals surface area (Å²) in [5.74, 6) is -0.919. The quantitative estimate of drug-likeness (QED) is 0.618. The van der Waals surface area contributed by atoms with E-state index in [1.165, 1.54) is 18.2 Å². The van der Waals surface area contributed by atoms with Crippen LogP contribution in [-0.4, -0.2) is 53.4 Å². The van der Waals surface area contributed by atoms with Crippen LogP contribution in [0.5, 0.6) is 0 Å². The standard InChI is InChI=1S/C16H19ClN4O4/c17-12-2-1-3-13(21(24)25)15(12)16(23)18-8-14(22)20-7-6-10-4-5-11(9-20)19-10/h1-3,10-11,19H,4-9H2,(H,18,23). The van der Waals surface area contributed by atoms with Gasteiger partial charge in [-0.15, -0.1) is 0 Å². The lowest BCUT2D eigenvalue weighted by Gasteiger charge is -2.24. The lowest BCUT2D eigenvalue weighted by atomic mass is 10.1. The van der Waals surface area contributed by atoms with Crippen molar-refractivity contribution >= 4 is 29.1 Å². The molecule has 0 aromatic heterocycles. The van der Waals surface area contributed by atoms with E-state index in [9.17, 15) is 19.7 Å². The van der Waals surface area contributed by atoms with Gasteiger partial charge in [-0.3, -0.25) is 19.7 Å². The number of nitro groups is 1. The number of carbonyl (C=O) groups excluding carboxylic acids is 2. The Hall–Kier alpha value is -2.19. The van der Waals surface area contributed by atoms with E-state index < -0.39 is 10.8 Å². The highest BCUT2D eigenvalue weighted by molar-refractivity contribution is 6.34. The molecule has 3 rings (SSSR count). The third-order valence-corrected chi connectivity index (χ3v) is 5.01. The lowest BCUT2D eigenvalue weighted by molar-refractivity contribution is -0.385. The number of halogens is 1. The lowest BCUT2D eigenvalue weighted by Crippen LogP contribution is -2.44. The summed E-state index contributed by atoms with van der Waals surface area (Å²) in [5.41, 5.74) is -0.604. The highest BCUT2D eigenvalue weighted by atomic mass is 35.5. The van der Waals surface area contributed by atoms with Crippen LogP contribution in [0.3, 0.4) is 0 Å². The Morgan fingerprint density at radius 1 is 1.32 bits per heavy atom. The number of hydrogen-bond acceptors (Lipinski definition) is 5. The van der Waals surface area contributed by atoms with Gasteiger partial charge >= 0.3 is 0 Å². The molecule has 0 saturated carbocycles. The zero-order valence-corrected chi connectivity index (χ0v) is 14.3. The molecule has 2 saturated heterocycles. The molecule has 2 bridgehead atoms. The Balaban J connectivity index is 1.63. The average molecular weight is 367 g/mol. The summed E-state index contributed by atoms with van der Waals surface area (Å²) < 4.78 is 0. The van der Waals surface area contributed by atoms with Crippen LogP contribution in [0.2, 0.25) is 5.02 Å². The van der Waals surface area contributed by atoms with Crippen LogP contribution >= 0.6 is 11.6 Å². The van der Waals surface area contributed by atoms with Gasteiger partial charge in [0.2, 0.25) is 5.91 Å². The Bertz CT molecular complexity index is 711. The van der Waals surface area contributed by atoms with E-state index >= 15 is 0 Å². The van der Waals surface area contributed by atoms with Gasteiger partial charge in [0.25, 0.3) is 11.6 Å². The molecule has 2 N–H and O–H groups in total. The number of fused-ring (bicyclic) bond motifs is 2. The van der Waals surface area contributed by atoms with Crippen molar-refractivity contribution in [1.29, 1.82) is 0 Å². The SMILES string of the molecule is O=C(NCC(=O)N1CCC2CCC(C1)N2)c1c(Cl)cccc1[N+](=O)[O-]. The molecule has 2 heterocycles. The summed E-state index contributed by atoms with van der Waals surface area (Å²) >= 11 is 5.93. The fraction of sp³-hybridized carbons (Fsp3) is 0.500. The Morgan fingerprint density at radius 2 is 2.08 bits per heavy atom. The molecule has 1 aromatic rings. The molecular weight excluding hydrogens is 348 g/mol. The van der Waals surface area contributed by atoms with Gasteiger partial charge in [0, 0.05) is 31.2 Å². The van der Waals surface area contributed by atoms with Crippen molar-refractivity contribution in [3.63, 3.8) is 0 Å². The number of nitro benzene ring substituents is 1. The molecule has 9 heteroatoms. The number of amides is 2. The van der Waals surface area contributed by atoms with E-state index in [2.05, 4.69) is 10.6 Å². The van der Waals surface area contributed by atoms with Crippen molar-refractivity contribution < 1.29 is 14.5 Å². The molecule has 2 amide bonds. The van der Waals surface area contributed by atoms with E-state index in [4.69, 9.17) is 11.6 Å². The van der Waals surface area contributed by atoms with Crippen molar-refractivity contribution in [3.05, 3.63) is 38.9 Å². The van der Waals surface area contributed by atoms with Crippen molar-refractivity contribution in [3.8, 4) is 0 Å². The van der Waals surface area contributed by atoms with Gasteiger partial charge in [0.1, 0.15) is 5.56 Å². The maximum Gasteiger partial charge on any atom is 0.283 e. The van der Waals surface area contributed by atoms with Crippen LogP contribution < -0.4 is 10.6 Å². The summed E-state index contributed by atoms with van der Waals surface area (Å²) in [5, 5.41) is 17.0. The van der Waals surface area contributed by atoms with E-state index in [0.717, 1.165) is 19.3 Å². The number of rotatable bonds is 4. The molecule has 2 aliphatic heterocycles. The molecule has 2 unspecified atom stereocenters. The maximum atomic E-state index is 12.4. The molecule has 0 radical (unpaired) electrons. The summed E-state index contributed by atoms with van der Waals surface area (Å²) in [7, 11) is 0. The largest absolute Gasteiger partial charge is 0.343 e. The third-order valence-electron chi connectivity index (χ3n) is 4.69. The van der Waals surface area contributed by atoms with E-state index in [0.29, 0.717) is 25.2 Å². The first-order valence-electron chi connectivity index (χ1n) is 8.20. The summed E-state index contributed by atoms with van der Waals surface area (Å²) in [6.45, 7) is 1.06. The van der Waals surface area contributed by atoms with E-state index in [1.54, 1.807) is 4.90 Å². The minimum absolute atomic E-state index is 0.0181. The predicted molar refractivity (Wildman–Crippen MR) is 91.6 cm³/mol. The average Bonchev–Trinajstić information content (AvgIpc) is 2.90. The van der Waals surface area contributed by atoms with Gasteiger partial charge < -0.3 is 15.5 Å². The molecule has 2 fully saturated rings. The molecule has 0 spiro atoms. The van der Waals surface area contributed by atoms with Crippen molar-refractivity contribution in [1.82, 2.24) is 15.5 Å². The van der Waals surface area contributed by atoms with Gasteiger partial charge in [0.05, 0.1) is 16.5 Å². The Labute approximate surface area is 149 Å². The number of benzene rings is 1. The van der Waals surface area contributed by atoms with E-state index in [1.807, 2.05) is 0 Å². The minimum atomic E-state index is -0.722. The van der Waals surface area contributed by atoms with Crippen LogP contribution in [0.4, 0.5) is 5.69 Å². The second-order valence-corrected chi connectivity index (χ2v) is 6.75. The highest BCUT2D eigenvalue weighted by Gasteiger charge is 2.31. The normalized spacial score (nSPS) is 22.4. The number of nitrogens with one attached hydrogen (secondary N) is 2. The van der Waals surface area contributed by atoms with Crippen LogP contribution in [0.25, 0.3) is 0 Å². The van der Waals surface area contributed by atoms with Crippen molar-refractivity contribution in [2.75, 3.05) is 19.6 Å². The van der Waals surface area contributed by atoms with Crippen molar-refractivity contribution in [2.24, 2.45) is 0 Å². The van der Waals surface area contributed by atoms with E-state index in [-0.39, 0.29) is 28.7 Å². The zero-order valence-electron chi connectivity index (χ0n) is 13.5. The molecule has 25 heavy (non-hydrogen) atoms. The molecule has 134 valence electrons. The maximum absolute atomic E-state index is 12.4. The van der Waals surface area contributed by atoms with Gasteiger partial charge in [-0.05, 0) is 25.3 Å². The Kier molecular flexibility index (Phi) is 5.19. The van der Waals surface area contributed by atoms with Crippen LogP contribution in [0.1, 0.15) is 29.6 Å². The monoisotopic (exact) mass is 366 g/mol. The van der Waals surface area contributed by atoms with Gasteiger partial charge in [-0.25, -0.2) is 0 Å². The number of nitrogens with zero attached hydrogens (tertiary/aromatic N) is 2. The van der Waals surface area contributed by atoms with Crippen LogP contribution in [0, 0.1) is 10.1 Å². The Morgan fingerprint density at radius 3 is 2.84 bits per heavy atom. The smallest absolute Gasteiger partial charge is 0.283 e. The number of hydrogen-bond donors (Lipinski definition) is 2. The first-order valence-corrected chi connectivity index (χ1v) is 8.58.